The van der Waals surface area contributed by atoms with Gasteiger partial charge in [-0.15, -0.1) is 0 Å². The summed E-state index contributed by atoms with van der Waals surface area (Å²) in [5, 5.41) is 10.1. The fraction of sp³-hybridized carbons (Fsp3) is 0.786. The number of hydrogen-bond acceptors (Lipinski definition) is 3. The van der Waals surface area contributed by atoms with Crippen molar-refractivity contribution in [2.24, 2.45) is 29.1 Å². The van der Waals surface area contributed by atoms with Crippen molar-refractivity contribution >= 4 is 5.97 Å². The molecule has 1 heterocycles. The number of aliphatic hydroxyl groups excluding tert-OH is 1. The molecule has 0 amide bonds. The normalized spacial score (nSPS) is 52.9. The van der Waals surface area contributed by atoms with E-state index < -0.39 is 5.41 Å². The minimum absolute atomic E-state index is 0.0661. The fourth-order valence-electron chi connectivity index (χ4n) is 3.92. The second kappa shape index (κ2) is 3.58. The van der Waals surface area contributed by atoms with Gasteiger partial charge in [0.15, 0.2) is 0 Å². The summed E-state index contributed by atoms with van der Waals surface area (Å²) in [6, 6.07) is 0. The average molecular weight is 236 g/mol. The molecule has 3 aliphatic rings. The first kappa shape index (κ1) is 11.3. The Bertz CT molecular complexity index is 376. The van der Waals surface area contributed by atoms with Crippen LogP contribution in [-0.2, 0) is 9.53 Å². The third kappa shape index (κ3) is 1.41. The first-order valence-electron chi connectivity index (χ1n) is 6.57. The van der Waals surface area contributed by atoms with Crippen LogP contribution in [0.3, 0.4) is 0 Å². The van der Waals surface area contributed by atoms with E-state index >= 15 is 0 Å². The van der Waals surface area contributed by atoms with Gasteiger partial charge >= 0.3 is 5.97 Å². The predicted octanol–water partition coefficient (Wildman–Crippen LogP) is 1.76. The van der Waals surface area contributed by atoms with Crippen LogP contribution >= 0.6 is 0 Å². The van der Waals surface area contributed by atoms with Crippen LogP contribution in [0.4, 0.5) is 0 Å². The van der Waals surface area contributed by atoms with Gasteiger partial charge in [0, 0.05) is 5.92 Å². The van der Waals surface area contributed by atoms with Crippen LogP contribution in [0.1, 0.15) is 26.7 Å². The van der Waals surface area contributed by atoms with Crippen LogP contribution in [0, 0.1) is 29.1 Å². The molecule has 0 aromatic carbocycles. The molecule has 0 unspecified atom stereocenters. The molecule has 1 saturated heterocycles. The van der Waals surface area contributed by atoms with E-state index in [0.29, 0.717) is 18.4 Å². The number of cyclic esters (lactones) is 1. The minimum Gasteiger partial charge on any atom is -0.465 e. The van der Waals surface area contributed by atoms with Gasteiger partial charge in [-0.1, -0.05) is 19.1 Å². The van der Waals surface area contributed by atoms with Crippen LogP contribution in [0.5, 0.6) is 0 Å². The monoisotopic (exact) mass is 236 g/mol. The van der Waals surface area contributed by atoms with Crippen molar-refractivity contribution in [3.63, 3.8) is 0 Å². The first-order chi connectivity index (χ1) is 8.03. The molecule has 17 heavy (non-hydrogen) atoms. The number of esters is 1. The highest BCUT2D eigenvalue weighted by molar-refractivity contribution is 5.80. The maximum Gasteiger partial charge on any atom is 0.312 e. The maximum atomic E-state index is 12.0. The molecule has 3 heteroatoms. The van der Waals surface area contributed by atoms with Crippen LogP contribution in [-0.4, -0.2) is 23.8 Å². The molecule has 6 atom stereocenters. The predicted molar refractivity (Wildman–Crippen MR) is 63.1 cm³/mol. The second-order valence-corrected chi connectivity index (χ2v) is 6.16. The molecule has 0 aromatic heterocycles. The Morgan fingerprint density at radius 1 is 1.41 bits per heavy atom. The molecule has 2 fully saturated rings. The summed E-state index contributed by atoms with van der Waals surface area (Å²) >= 11 is 0. The van der Waals surface area contributed by atoms with Gasteiger partial charge < -0.3 is 9.84 Å². The van der Waals surface area contributed by atoms with Crippen LogP contribution in [0.15, 0.2) is 12.2 Å². The number of carbonyl (C=O) groups is 1. The Labute approximate surface area is 102 Å². The molecule has 0 radical (unpaired) electrons. The summed E-state index contributed by atoms with van der Waals surface area (Å²) in [6.07, 6.45) is 5.86. The summed E-state index contributed by atoms with van der Waals surface area (Å²) in [4.78, 5) is 12.0. The number of hydrogen-bond donors (Lipinski definition) is 1. The van der Waals surface area contributed by atoms with Crippen LogP contribution in [0.2, 0.25) is 0 Å². The van der Waals surface area contributed by atoms with Gasteiger partial charge in [-0.3, -0.25) is 4.79 Å². The summed E-state index contributed by atoms with van der Waals surface area (Å²) in [6.45, 7) is 4.63. The number of carbonyl (C=O) groups excluding carboxylic acids is 1. The lowest BCUT2D eigenvalue weighted by atomic mass is 9.55. The highest BCUT2D eigenvalue weighted by Gasteiger charge is 2.57. The van der Waals surface area contributed by atoms with Crippen molar-refractivity contribution < 1.29 is 14.6 Å². The van der Waals surface area contributed by atoms with Crippen molar-refractivity contribution in [1.82, 2.24) is 0 Å². The van der Waals surface area contributed by atoms with Crippen molar-refractivity contribution in [3.8, 4) is 0 Å². The molecule has 1 N–H and O–H groups in total. The van der Waals surface area contributed by atoms with Gasteiger partial charge in [0.2, 0.25) is 0 Å². The average Bonchev–Trinajstić information content (AvgIpc) is 2.59. The van der Waals surface area contributed by atoms with Gasteiger partial charge in [-0.25, -0.2) is 0 Å². The molecule has 0 spiro atoms. The Balaban J connectivity index is 1.97. The standard InChI is InChI=1S/C14H20O3/c1-8-5-9-3-4-10-7-17-13(16)14(10,2)11(9)6-12(8)15/h3-4,8-12,15H,5-7H2,1-2H3/t8-,9+,10-,11+,12+,14+/m1/s1. The number of allylic oxidation sites excluding steroid dienone is 1. The largest absolute Gasteiger partial charge is 0.465 e. The Morgan fingerprint density at radius 2 is 2.18 bits per heavy atom. The number of fused-ring (bicyclic) bond motifs is 3. The maximum absolute atomic E-state index is 12.0. The third-order valence-corrected chi connectivity index (χ3v) is 5.28. The number of rotatable bonds is 0. The van der Waals surface area contributed by atoms with E-state index in [9.17, 15) is 9.90 Å². The third-order valence-electron chi connectivity index (χ3n) is 5.28. The lowest BCUT2D eigenvalue weighted by molar-refractivity contribution is -0.151. The molecule has 2 aliphatic carbocycles. The highest BCUT2D eigenvalue weighted by atomic mass is 16.5. The Kier molecular flexibility index (Phi) is 2.37. The van der Waals surface area contributed by atoms with Crippen molar-refractivity contribution in [2.75, 3.05) is 6.61 Å². The highest BCUT2D eigenvalue weighted by Crippen LogP contribution is 2.54. The molecule has 0 bridgehead atoms. The van der Waals surface area contributed by atoms with Gasteiger partial charge in [-0.05, 0) is 37.5 Å². The lowest BCUT2D eigenvalue weighted by Gasteiger charge is -2.47. The molecular formula is C14H20O3. The van der Waals surface area contributed by atoms with E-state index in [1.54, 1.807) is 0 Å². The molecule has 3 nitrogen and oxygen atoms in total. The van der Waals surface area contributed by atoms with Crippen molar-refractivity contribution in [2.45, 2.75) is 32.8 Å². The minimum atomic E-state index is -0.402. The Morgan fingerprint density at radius 3 is 2.94 bits per heavy atom. The first-order valence-corrected chi connectivity index (χ1v) is 6.57. The zero-order valence-corrected chi connectivity index (χ0v) is 10.4. The molecule has 94 valence electrons. The molecule has 1 aliphatic heterocycles. The summed E-state index contributed by atoms with van der Waals surface area (Å²) in [5.74, 6) is 1.15. The smallest absolute Gasteiger partial charge is 0.312 e. The van der Waals surface area contributed by atoms with Crippen LogP contribution < -0.4 is 0 Å². The van der Waals surface area contributed by atoms with Gasteiger partial charge in [0.1, 0.15) is 0 Å². The summed E-state index contributed by atoms with van der Waals surface area (Å²) in [5.41, 5.74) is -0.402. The second-order valence-electron chi connectivity index (χ2n) is 6.16. The van der Waals surface area contributed by atoms with E-state index in [1.165, 1.54) is 0 Å². The quantitative estimate of drug-likeness (QED) is 0.515. The van der Waals surface area contributed by atoms with E-state index in [1.807, 2.05) is 6.92 Å². The van der Waals surface area contributed by atoms with E-state index in [-0.39, 0.29) is 23.9 Å². The zero-order valence-electron chi connectivity index (χ0n) is 10.4. The van der Waals surface area contributed by atoms with Crippen LogP contribution in [0.25, 0.3) is 0 Å². The molecular weight excluding hydrogens is 216 g/mol. The summed E-state index contributed by atoms with van der Waals surface area (Å²) < 4.78 is 5.24. The van der Waals surface area contributed by atoms with E-state index in [4.69, 9.17) is 4.74 Å². The fourth-order valence-corrected chi connectivity index (χ4v) is 3.92. The molecule has 0 aromatic rings. The summed E-state index contributed by atoms with van der Waals surface area (Å²) in [7, 11) is 0. The van der Waals surface area contributed by atoms with Gasteiger partial charge in [0.25, 0.3) is 0 Å². The number of ether oxygens (including phenoxy) is 1. The van der Waals surface area contributed by atoms with Crippen molar-refractivity contribution in [1.29, 1.82) is 0 Å². The van der Waals surface area contributed by atoms with E-state index in [0.717, 1.165) is 12.8 Å². The van der Waals surface area contributed by atoms with Gasteiger partial charge in [-0.2, -0.15) is 0 Å². The van der Waals surface area contributed by atoms with Crippen molar-refractivity contribution in [3.05, 3.63) is 12.2 Å². The molecule has 3 rings (SSSR count). The van der Waals surface area contributed by atoms with E-state index in [2.05, 4.69) is 19.1 Å². The molecule has 1 saturated carbocycles. The van der Waals surface area contributed by atoms with Gasteiger partial charge in [0.05, 0.1) is 18.1 Å². The zero-order chi connectivity index (χ0) is 12.2. The SMILES string of the molecule is C[C@@H]1C[C@@H]2C=C[C@@H]3COC(=O)[C@]3(C)[C@H]2C[C@@H]1O. The number of aliphatic hydroxyl groups is 1. The Hall–Kier alpha value is -0.830. The topological polar surface area (TPSA) is 46.5 Å². The lowest BCUT2D eigenvalue weighted by Crippen LogP contribution is -2.48.